The van der Waals surface area contributed by atoms with Crippen molar-refractivity contribution in [3.63, 3.8) is 0 Å². The molecule has 1 aliphatic rings. The van der Waals surface area contributed by atoms with E-state index in [-0.39, 0.29) is 24.5 Å². The summed E-state index contributed by atoms with van der Waals surface area (Å²) in [6.45, 7) is 0.440. The highest BCUT2D eigenvalue weighted by Crippen LogP contribution is 2.18. The van der Waals surface area contributed by atoms with Crippen molar-refractivity contribution < 1.29 is 9.59 Å². The summed E-state index contributed by atoms with van der Waals surface area (Å²) in [6, 6.07) is 19.3. The molecule has 2 aromatic carbocycles. The number of hydrogen-bond acceptors (Lipinski definition) is 2. The number of anilines is 1. The normalized spacial score (nSPS) is 13.2. The van der Waals surface area contributed by atoms with Crippen LogP contribution < -0.4 is 15.5 Å². The number of amides is 3. The van der Waals surface area contributed by atoms with Gasteiger partial charge < -0.3 is 15.5 Å². The van der Waals surface area contributed by atoms with Gasteiger partial charge in [0.15, 0.2) is 0 Å². The van der Waals surface area contributed by atoms with Crippen molar-refractivity contribution in [2.75, 3.05) is 11.4 Å². The van der Waals surface area contributed by atoms with Gasteiger partial charge in [-0.2, -0.15) is 0 Å². The molecule has 1 saturated carbocycles. The predicted molar refractivity (Wildman–Crippen MR) is 93.6 cm³/mol. The second kappa shape index (κ2) is 7.64. The van der Waals surface area contributed by atoms with E-state index in [1.807, 2.05) is 60.7 Å². The van der Waals surface area contributed by atoms with Gasteiger partial charge in [0, 0.05) is 11.7 Å². The molecule has 5 nitrogen and oxygen atoms in total. The summed E-state index contributed by atoms with van der Waals surface area (Å²) >= 11 is 0. The van der Waals surface area contributed by atoms with E-state index in [4.69, 9.17) is 0 Å². The van der Waals surface area contributed by atoms with Gasteiger partial charge in [0.1, 0.15) is 0 Å². The summed E-state index contributed by atoms with van der Waals surface area (Å²) < 4.78 is 0. The third kappa shape index (κ3) is 4.59. The van der Waals surface area contributed by atoms with E-state index in [1.165, 1.54) is 0 Å². The van der Waals surface area contributed by atoms with E-state index >= 15 is 0 Å². The van der Waals surface area contributed by atoms with Crippen LogP contribution in [0, 0.1) is 0 Å². The lowest BCUT2D eigenvalue weighted by molar-refractivity contribution is -0.117. The molecule has 0 aliphatic heterocycles. The van der Waals surface area contributed by atoms with Crippen molar-refractivity contribution in [1.29, 1.82) is 0 Å². The fourth-order valence-corrected chi connectivity index (χ4v) is 2.41. The summed E-state index contributed by atoms with van der Waals surface area (Å²) in [7, 11) is 0. The lowest BCUT2D eigenvalue weighted by atomic mass is 10.2. The number of carbonyl (C=O) groups is 2. The monoisotopic (exact) mass is 323 g/mol. The SMILES string of the molecule is O=C(NCC(=O)N(Cc1ccccc1)c1ccccc1)NC1CC1. The first-order valence-corrected chi connectivity index (χ1v) is 8.16. The third-order valence-corrected chi connectivity index (χ3v) is 3.87. The number of urea groups is 1. The van der Waals surface area contributed by atoms with Crippen molar-refractivity contribution in [1.82, 2.24) is 10.6 Å². The highest BCUT2D eigenvalue weighted by Gasteiger charge is 2.24. The average Bonchev–Trinajstić information content (AvgIpc) is 3.43. The summed E-state index contributed by atoms with van der Waals surface area (Å²) in [5, 5.41) is 5.47. The molecule has 3 amide bonds. The van der Waals surface area contributed by atoms with Gasteiger partial charge in [-0.15, -0.1) is 0 Å². The van der Waals surface area contributed by atoms with Gasteiger partial charge in [-0.3, -0.25) is 4.79 Å². The van der Waals surface area contributed by atoms with Crippen LogP contribution in [0.15, 0.2) is 60.7 Å². The quantitative estimate of drug-likeness (QED) is 0.858. The smallest absolute Gasteiger partial charge is 0.315 e. The highest BCUT2D eigenvalue weighted by molar-refractivity contribution is 5.96. The fraction of sp³-hybridized carbons (Fsp3) is 0.263. The molecular formula is C19H21N3O2. The number of hydrogen-bond donors (Lipinski definition) is 2. The van der Waals surface area contributed by atoms with Crippen LogP contribution in [0.1, 0.15) is 18.4 Å². The lowest BCUT2D eigenvalue weighted by Crippen LogP contribution is -2.44. The Kier molecular flexibility index (Phi) is 5.11. The molecule has 1 fully saturated rings. The second-order valence-electron chi connectivity index (χ2n) is 5.90. The van der Waals surface area contributed by atoms with E-state index in [1.54, 1.807) is 4.90 Å². The van der Waals surface area contributed by atoms with Crippen LogP contribution in [0.4, 0.5) is 10.5 Å². The standard InChI is InChI=1S/C19H21N3O2/c23-18(13-20-19(24)21-16-11-12-16)22(17-9-5-2-6-10-17)14-15-7-3-1-4-8-15/h1-10,16H,11-14H2,(H2,20,21,24). The molecule has 0 unspecified atom stereocenters. The minimum absolute atomic E-state index is 0.0275. The Hall–Kier alpha value is -2.82. The first-order valence-electron chi connectivity index (χ1n) is 8.16. The molecule has 5 heteroatoms. The van der Waals surface area contributed by atoms with Crippen molar-refractivity contribution >= 4 is 17.6 Å². The van der Waals surface area contributed by atoms with E-state index in [9.17, 15) is 9.59 Å². The minimum atomic E-state index is -0.279. The number of nitrogens with one attached hydrogen (secondary N) is 2. The van der Waals surface area contributed by atoms with Gasteiger partial charge >= 0.3 is 6.03 Å². The van der Waals surface area contributed by atoms with E-state index in [0.717, 1.165) is 24.1 Å². The van der Waals surface area contributed by atoms with Gasteiger partial charge in [0.25, 0.3) is 0 Å². The molecule has 24 heavy (non-hydrogen) atoms. The molecule has 0 heterocycles. The molecule has 2 aromatic rings. The van der Waals surface area contributed by atoms with E-state index in [0.29, 0.717) is 6.54 Å². The second-order valence-corrected chi connectivity index (χ2v) is 5.90. The maximum Gasteiger partial charge on any atom is 0.315 e. The highest BCUT2D eigenvalue weighted by atomic mass is 16.2. The Morgan fingerprint density at radius 2 is 1.58 bits per heavy atom. The Bertz CT molecular complexity index is 684. The zero-order valence-electron chi connectivity index (χ0n) is 13.4. The van der Waals surface area contributed by atoms with Crippen LogP contribution in [-0.4, -0.2) is 24.5 Å². The largest absolute Gasteiger partial charge is 0.335 e. The molecule has 3 rings (SSSR count). The summed E-state index contributed by atoms with van der Waals surface area (Å²) in [6.07, 6.45) is 2.04. The molecule has 0 saturated heterocycles. The van der Waals surface area contributed by atoms with Crippen molar-refractivity contribution in [2.45, 2.75) is 25.4 Å². The Balaban J connectivity index is 1.66. The number of para-hydroxylation sites is 1. The molecule has 0 spiro atoms. The van der Waals surface area contributed by atoms with Gasteiger partial charge in [-0.1, -0.05) is 48.5 Å². The van der Waals surface area contributed by atoms with Crippen molar-refractivity contribution in [2.24, 2.45) is 0 Å². The summed E-state index contributed by atoms with van der Waals surface area (Å²) in [5.41, 5.74) is 1.85. The predicted octanol–water partition coefficient (Wildman–Crippen LogP) is 2.68. The van der Waals surface area contributed by atoms with Gasteiger partial charge in [0.2, 0.25) is 5.91 Å². The molecule has 0 atom stereocenters. The molecule has 1 aliphatic carbocycles. The fourth-order valence-electron chi connectivity index (χ4n) is 2.41. The maximum absolute atomic E-state index is 12.6. The van der Waals surface area contributed by atoms with Crippen LogP contribution in [0.2, 0.25) is 0 Å². The first-order chi connectivity index (χ1) is 11.7. The number of rotatable bonds is 6. The number of nitrogens with zero attached hydrogens (tertiary/aromatic N) is 1. The van der Waals surface area contributed by atoms with E-state index in [2.05, 4.69) is 10.6 Å². The first kappa shape index (κ1) is 16.1. The van der Waals surface area contributed by atoms with Crippen molar-refractivity contribution in [3.05, 3.63) is 66.2 Å². The van der Waals surface area contributed by atoms with Gasteiger partial charge in [0.05, 0.1) is 13.1 Å². The molecule has 2 N–H and O–H groups in total. The van der Waals surface area contributed by atoms with Gasteiger partial charge in [-0.05, 0) is 30.5 Å². The van der Waals surface area contributed by atoms with Crippen LogP contribution in [0.25, 0.3) is 0 Å². The van der Waals surface area contributed by atoms with Crippen LogP contribution in [0.5, 0.6) is 0 Å². The van der Waals surface area contributed by atoms with Crippen LogP contribution in [-0.2, 0) is 11.3 Å². The summed E-state index contributed by atoms with van der Waals surface area (Å²) in [4.78, 5) is 26.0. The Morgan fingerprint density at radius 3 is 2.21 bits per heavy atom. The number of benzene rings is 2. The topological polar surface area (TPSA) is 61.4 Å². The molecule has 0 aromatic heterocycles. The van der Waals surface area contributed by atoms with E-state index < -0.39 is 0 Å². The zero-order chi connectivity index (χ0) is 16.8. The lowest BCUT2D eigenvalue weighted by Gasteiger charge is -2.23. The maximum atomic E-state index is 12.6. The summed E-state index contributed by atoms with van der Waals surface area (Å²) in [5.74, 6) is -0.143. The number of carbonyl (C=O) groups excluding carboxylic acids is 2. The molecular weight excluding hydrogens is 302 g/mol. The van der Waals surface area contributed by atoms with Crippen LogP contribution >= 0.6 is 0 Å². The zero-order valence-corrected chi connectivity index (χ0v) is 13.4. The third-order valence-electron chi connectivity index (χ3n) is 3.87. The molecule has 124 valence electrons. The van der Waals surface area contributed by atoms with Gasteiger partial charge in [-0.25, -0.2) is 4.79 Å². The Morgan fingerprint density at radius 1 is 0.958 bits per heavy atom. The van der Waals surface area contributed by atoms with Crippen LogP contribution in [0.3, 0.4) is 0 Å². The average molecular weight is 323 g/mol. The van der Waals surface area contributed by atoms with Crippen molar-refractivity contribution in [3.8, 4) is 0 Å². The molecule has 0 radical (unpaired) electrons. The minimum Gasteiger partial charge on any atom is -0.335 e. The Labute approximate surface area is 141 Å². The molecule has 0 bridgehead atoms.